The summed E-state index contributed by atoms with van der Waals surface area (Å²) < 4.78 is 11.6. The van der Waals surface area contributed by atoms with E-state index in [1.165, 1.54) is 12.8 Å². The van der Waals surface area contributed by atoms with Crippen molar-refractivity contribution in [2.75, 3.05) is 7.05 Å². The maximum Gasteiger partial charge on any atom is 0.287 e. The Bertz CT molecular complexity index is 815. The summed E-state index contributed by atoms with van der Waals surface area (Å²) in [6.45, 7) is 4.37. The number of rotatable bonds is 5. The van der Waals surface area contributed by atoms with Crippen LogP contribution in [0, 0.1) is 13.8 Å². The molecule has 0 spiro atoms. The summed E-state index contributed by atoms with van der Waals surface area (Å²) in [4.78, 5) is 15.0. The Morgan fingerprint density at radius 1 is 1.19 bits per heavy atom. The third-order valence-electron chi connectivity index (χ3n) is 6.03. The molecular weight excluding hydrogens is 340 g/mol. The Hall–Kier alpha value is -2.27. The molecule has 0 aliphatic carbocycles. The lowest BCUT2D eigenvalue weighted by Gasteiger charge is -2.36. The summed E-state index contributed by atoms with van der Waals surface area (Å²) in [5.41, 5.74) is 2.24. The predicted octanol–water partition coefficient (Wildman–Crippen LogP) is 3.83. The smallest absolute Gasteiger partial charge is 0.287 e. The Morgan fingerprint density at radius 3 is 2.67 bits per heavy atom. The van der Waals surface area contributed by atoms with E-state index in [2.05, 4.69) is 23.3 Å². The van der Waals surface area contributed by atoms with Gasteiger partial charge in [0.05, 0.1) is 0 Å². The van der Waals surface area contributed by atoms with Crippen LogP contribution < -0.4 is 10.1 Å². The second kappa shape index (κ2) is 7.39. The van der Waals surface area contributed by atoms with E-state index >= 15 is 0 Å². The highest BCUT2D eigenvalue weighted by molar-refractivity contribution is 5.91. The molecule has 2 fully saturated rings. The molecule has 144 valence electrons. The first-order chi connectivity index (χ1) is 13.0. The van der Waals surface area contributed by atoms with Crippen molar-refractivity contribution in [3.8, 4) is 5.75 Å². The molecule has 2 aliphatic rings. The Kier molecular flexibility index (Phi) is 4.96. The minimum Gasteiger partial charge on any atom is -0.485 e. The summed E-state index contributed by atoms with van der Waals surface area (Å²) in [6.07, 6.45) is 4.55. The molecule has 1 amide bonds. The molecule has 1 aromatic carbocycles. The first kappa shape index (κ1) is 18.1. The molecule has 2 atom stereocenters. The van der Waals surface area contributed by atoms with Gasteiger partial charge in [-0.15, -0.1) is 0 Å². The SMILES string of the molecule is Cc1ccc(C)c(OCc2ccc(C(=O)NC3CC4CCC(C3)N4C)o2)c1. The number of furan rings is 1. The van der Waals surface area contributed by atoms with Gasteiger partial charge in [0, 0.05) is 18.1 Å². The molecule has 0 radical (unpaired) electrons. The van der Waals surface area contributed by atoms with Gasteiger partial charge in [-0.1, -0.05) is 12.1 Å². The van der Waals surface area contributed by atoms with Crippen LogP contribution in [0.25, 0.3) is 0 Å². The van der Waals surface area contributed by atoms with Gasteiger partial charge >= 0.3 is 0 Å². The molecule has 3 heterocycles. The molecule has 1 N–H and O–H groups in total. The van der Waals surface area contributed by atoms with Crippen LogP contribution in [0.5, 0.6) is 5.75 Å². The van der Waals surface area contributed by atoms with Gasteiger partial charge in [-0.3, -0.25) is 4.79 Å². The van der Waals surface area contributed by atoms with Crippen molar-refractivity contribution in [3.63, 3.8) is 0 Å². The maximum absolute atomic E-state index is 12.6. The van der Waals surface area contributed by atoms with Crippen molar-refractivity contribution in [1.82, 2.24) is 10.2 Å². The number of nitrogens with one attached hydrogen (secondary N) is 1. The number of hydrogen-bond donors (Lipinski definition) is 1. The number of hydrogen-bond acceptors (Lipinski definition) is 4. The monoisotopic (exact) mass is 368 g/mol. The average molecular weight is 368 g/mol. The zero-order valence-electron chi connectivity index (χ0n) is 16.3. The van der Waals surface area contributed by atoms with Gasteiger partial charge in [0.1, 0.15) is 18.1 Å². The van der Waals surface area contributed by atoms with Crippen LogP contribution >= 0.6 is 0 Å². The van der Waals surface area contributed by atoms with Crippen molar-refractivity contribution in [2.45, 2.75) is 64.3 Å². The number of carbonyl (C=O) groups excluding carboxylic acids is 1. The van der Waals surface area contributed by atoms with E-state index < -0.39 is 0 Å². The quantitative estimate of drug-likeness (QED) is 0.871. The number of piperidine rings is 1. The number of fused-ring (bicyclic) bond motifs is 2. The zero-order chi connectivity index (χ0) is 19.0. The fourth-order valence-corrected chi connectivity index (χ4v) is 4.38. The van der Waals surface area contributed by atoms with Gasteiger partial charge in [-0.2, -0.15) is 0 Å². The fourth-order valence-electron chi connectivity index (χ4n) is 4.38. The molecule has 4 rings (SSSR count). The summed E-state index contributed by atoms with van der Waals surface area (Å²) in [5.74, 6) is 1.74. The van der Waals surface area contributed by atoms with Gasteiger partial charge in [0.2, 0.25) is 0 Å². The molecule has 2 aromatic rings. The van der Waals surface area contributed by atoms with E-state index in [1.54, 1.807) is 6.07 Å². The molecule has 5 nitrogen and oxygen atoms in total. The molecule has 5 heteroatoms. The minimum atomic E-state index is -0.123. The lowest BCUT2D eigenvalue weighted by molar-refractivity contribution is 0.0851. The Balaban J connectivity index is 1.33. The van der Waals surface area contributed by atoms with Crippen LogP contribution in [0.1, 0.15) is 53.1 Å². The van der Waals surface area contributed by atoms with E-state index in [9.17, 15) is 4.79 Å². The molecule has 2 saturated heterocycles. The molecular formula is C22H28N2O3. The van der Waals surface area contributed by atoms with Crippen molar-refractivity contribution >= 4 is 5.91 Å². The lowest BCUT2D eigenvalue weighted by atomic mass is 9.98. The number of ether oxygens (including phenoxy) is 1. The lowest BCUT2D eigenvalue weighted by Crippen LogP contribution is -2.48. The van der Waals surface area contributed by atoms with E-state index in [0.29, 0.717) is 30.2 Å². The third-order valence-corrected chi connectivity index (χ3v) is 6.03. The van der Waals surface area contributed by atoms with Gasteiger partial charge in [0.15, 0.2) is 5.76 Å². The van der Waals surface area contributed by atoms with E-state index in [4.69, 9.17) is 9.15 Å². The van der Waals surface area contributed by atoms with Crippen LogP contribution in [0.15, 0.2) is 34.7 Å². The van der Waals surface area contributed by atoms with E-state index in [-0.39, 0.29) is 11.9 Å². The first-order valence-corrected chi connectivity index (χ1v) is 9.81. The summed E-state index contributed by atoms with van der Waals surface area (Å²) in [5, 5.41) is 3.16. The zero-order valence-corrected chi connectivity index (χ0v) is 16.3. The maximum atomic E-state index is 12.6. The predicted molar refractivity (Wildman–Crippen MR) is 104 cm³/mol. The van der Waals surface area contributed by atoms with Crippen LogP contribution in [0.2, 0.25) is 0 Å². The largest absolute Gasteiger partial charge is 0.485 e. The highest BCUT2D eigenvalue weighted by Crippen LogP contribution is 2.34. The summed E-state index contributed by atoms with van der Waals surface area (Å²) in [7, 11) is 2.20. The molecule has 0 saturated carbocycles. The average Bonchev–Trinajstić information content (AvgIpc) is 3.18. The van der Waals surface area contributed by atoms with E-state index in [0.717, 1.165) is 29.7 Å². The summed E-state index contributed by atoms with van der Waals surface area (Å²) in [6, 6.07) is 11.1. The molecule has 2 aliphatic heterocycles. The normalized spacial score (nSPS) is 24.8. The van der Waals surface area contributed by atoms with Crippen molar-refractivity contribution in [1.29, 1.82) is 0 Å². The molecule has 27 heavy (non-hydrogen) atoms. The standard InChI is InChI=1S/C22H28N2O3/c1-14-4-5-15(2)21(10-14)26-13-19-8-9-20(27-19)22(25)23-16-11-17-6-7-18(12-16)24(17)3/h4-5,8-10,16-18H,6-7,11-13H2,1-3H3,(H,23,25). The molecule has 2 bridgehead atoms. The Labute approximate surface area is 160 Å². The van der Waals surface area contributed by atoms with Crippen LogP contribution in [0.4, 0.5) is 0 Å². The molecule has 2 unspecified atom stereocenters. The number of benzene rings is 1. The highest BCUT2D eigenvalue weighted by atomic mass is 16.5. The first-order valence-electron chi connectivity index (χ1n) is 9.81. The second-order valence-corrected chi connectivity index (χ2v) is 8.02. The van der Waals surface area contributed by atoms with Gasteiger partial charge < -0.3 is 19.4 Å². The van der Waals surface area contributed by atoms with Gasteiger partial charge in [-0.05, 0) is 75.9 Å². The number of nitrogens with zero attached hydrogens (tertiary/aromatic N) is 1. The van der Waals surface area contributed by atoms with Gasteiger partial charge in [0.25, 0.3) is 5.91 Å². The minimum absolute atomic E-state index is 0.123. The number of carbonyl (C=O) groups is 1. The van der Waals surface area contributed by atoms with Crippen LogP contribution in [-0.4, -0.2) is 36.0 Å². The van der Waals surface area contributed by atoms with Gasteiger partial charge in [-0.25, -0.2) is 0 Å². The van der Waals surface area contributed by atoms with Crippen molar-refractivity contribution < 1.29 is 13.9 Å². The van der Waals surface area contributed by atoms with E-state index in [1.807, 2.05) is 32.0 Å². The van der Waals surface area contributed by atoms with Crippen LogP contribution in [0.3, 0.4) is 0 Å². The number of amides is 1. The van der Waals surface area contributed by atoms with Crippen LogP contribution in [-0.2, 0) is 6.61 Å². The number of aryl methyl sites for hydroxylation is 2. The fraction of sp³-hybridized carbons (Fsp3) is 0.500. The van der Waals surface area contributed by atoms with Crippen molar-refractivity contribution in [3.05, 3.63) is 53.0 Å². The topological polar surface area (TPSA) is 54.7 Å². The highest BCUT2D eigenvalue weighted by Gasteiger charge is 2.39. The third kappa shape index (κ3) is 3.88. The Morgan fingerprint density at radius 2 is 1.93 bits per heavy atom. The molecule has 1 aromatic heterocycles. The summed E-state index contributed by atoms with van der Waals surface area (Å²) >= 11 is 0. The second-order valence-electron chi connectivity index (χ2n) is 8.02. The van der Waals surface area contributed by atoms with Crippen molar-refractivity contribution in [2.24, 2.45) is 0 Å².